The number of anilines is 2. The summed E-state index contributed by atoms with van der Waals surface area (Å²) in [5, 5.41) is 0.510. The molecule has 0 bridgehead atoms. The highest BCUT2D eigenvalue weighted by Crippen LogP contribution is 2.33. The quantitative estimate of drug-likeness (QED) is 0.826. The molecular formula is C18H23ClN4O3S. The van der Waals surface area contributed by atoms with Gasteiger partial charge in [0.1, 0.15) is 5.82 Å². The Balaban J connectivity index is 1.98. The van der Waals surface area contributed by atoms with Gasteiger partial charge in [0, 0.05) is 36.2 Å². The summed E-state index contributed by atoms with van der Waals surface area (Å²) in [5.41, 5.74) is 8.15. The molecule has 7 nitrogen and oxygen atoms in total. The molecule has 0 amide bonds. The largest absolute Gasteiger partial charge is 0.379 e. The molecule has 0 unspecified atom stereocenters. The fourth-order valence-corrected chi connectivity index (χ4v) is 4.38. The zero-order chi connectivity index (χ0) is 19.6. The molecule has 0 radical (unpaired) electrons. The lowest BCUT2D eigenvalue weighted by atomic mass is 10.0. The number of halogens is 1. The molecule has 0 saturated carbocycles. The zero-order valence-corrected chi connectivity index (χ0v) is 16.9. The lowest BCUT2D eigenvalue weighted by Crippen LogP contribution is -2.32. The average Bonchev–Trinajstić information content (AvgIpc) is 2.78. The van der Waals surface area contributed by atoms with Crippen LogP contribution < -0.4 is 10.6 Å². The molecule has 1 atom stereocenters. The number of sulfone groups is 1. The molecule has 1 saturated heterocycles. The predicted octanol–water partition coefficient (Wildman–Crippen LogP) is 2.53. The molecule has 2 N–H and O–H groups in total. The van der Waals surface area contributed by atoms with Crippen molar-refractivity contribution in [2.75, 3.05) is 36.6 Å². The van der Waals surface area contributed by atoms with E-state index in [1.165, 1.54) is 6.26 Å². The van der Waals surface area contributed by atoms with Gasteiger partial charge in [0.25, 0.3) is 0 Å². The van der Waals surface area contributed by atoms with E-state index in [-0.39, 0.29) is 17.7 Å². The van der Waals surface area contributed by atoms with E-state index in [2.05, 4.69) is 14.9 Å². The van der Waals surface area contributed by atoms with Crippen LogP contribution in [0.5, 0.6) is 0 Å². The second-order valence-electron chi connectivity index (χ2n) is 6.79. The van der Waals surface area contributed by atoms with E-state index in [9.17, 15) is 8.42 Å². The summed E-state index contributed by atoms with van der Waals surface area (Å²) in [6.07, 6.45) is 2.06. The summed E-state index contributed by atoms with van der Waals surface area (Å²) in [6, 6.07) is 7.11. The summed E-state index contributed by atoms with van der Waals surface area (Å²) >= 11 is 6.53. The van der Waals surface area contributed by atoms with E-state index in [1.807, 2.05) is 19.1 Å². The van der Waals surface area contributed by atoms with Crippen LogP contribution in [0.25, 0.3) is 0 Å². The van der Waals surface area contributed by atoms with Crippen LogP contribution in [-0.2, 0) is 20.3 Å². The third kappa shape index (κ3) is 5.09. The Hall–Kier alpha value is -1.90. The number of nitrogen functional groups attached to an aromatic ring is 1. The zero-order valence-electron chi connectivity index (χ0n) is 15.4. The molecule has 1 aromatic heterocycles. The molecule has 0 aliphatic carbocycles. The van der Waals surface area contributed by atoms with E-state index in [0.29, 0.717) is 23.8 Å². The number of aromatic nitrogens is 2. The molecule has 3 rings (SSSR count). The minimum Gasteiger partial charge on any atom is -0.379 e. The Labute approximate surface area is 164 Å². The number of hydrogen-bond donors (Lipinski definition) is 1. The van der Waals surface area contributed by atoms with E-state index in [1.54, 1.807) is 12.1 Å². The van der Waals surface area contributed by atoms with Crippen molar-refractivity contribution in [3.8, 4) is 0 Å². The van der Waals surface area contributed by atoms with Crippen molar-refractivity contribution in [2.24, 2.45) is 0 Å². The molecule has 2 heterocycles. The van der Waals surface area contributed by atoms with Crippen molar-refractivity contribution < 1.29 is 13.2 Å². The maximum Gasteiger partial charge on any atom is 0.222 e. The van der Waals surface area contributed by atoms with Crippen molar-refractivity contribution >= 4 is 33.2 Å². The summed E-state index contributed by atoms with van der Waals surface area (Å²) in [6.45, 7) is 3.71. The molecule has 0 spiro atoms. The second-order valence-corrected chi connectivity index (χ2v) is 9.34. The average molecular weight is 411 g/mol. The van der Waals surface area contributed by atoms with Gasteiger partial charge in [0.2, 0.25) is 5.95 Å². The minimum absolute atomic E-state index is 0.0421. The smallest absolute Gasteiger partial charge is 0.222 e. The summed E-state index contributed by atoms with van der Waals surface area (Å²) in [7, 11) is -3.13. The fourth-order valence-electron chi connectivity index (χ4n) is 3.26. The number of nitrogens with two attached hydrogens (primary N) is 1. The van der Waals surface area contributed by atoms with Gasteiger partial charge in [-0.3, -0.25) is 0 Å². The van der Waals surface area contributed by atoms with Gasteiger partial charge in [-0.05, 0) is 30.5 Å². The molecule has 146 valence electrons. The minimum atomic E-state index is -3.13. The standard InChI is InChI=1S/C18H23ClN4O3S/c1-12-8-17(22-18(20)21-12)23-6-3-7-26-10-16(23)14-5-4-13(9-15(14)19)11-27(2,24)25/h4-5,8-9,16H,3,6-7,10-11H2,1-2H3,(H2,20,21,22)/t16-/m0/s1. The van der Waals surface area contributed by atoms with E-state index in [4.69, 9.17) is 22.1 Å². The number of hydrogen-bond acceptors (Lipinski definition) is 7. The maximum atomic E-state index is 11.5. The van der Waals surface area contributed by atoms with E-state index < -0.39 is 9.84 Å². The van der Waals surface area contributed by atoms with Gasteiger partial charge in [-0.15, -0.1) is 0 Å². The van der Waals surface area contributed by atoms with Crippen molar-refractivity contribution in [3.63, 3.8) is 0 Å². The predicted molar refractivity (Wildman–Crippen MR) is 107 cm³/mol. The first-order valence-electron chi connectivity index (χ1n) is 8.64. The molecule has 27 heavy (non-hydrogen) atoms. The maximum absolute atomic E-state index is 11.5. The van der Waals surface area contributed by atoms with Gasteiger partial charge >= 0.3 is 0 Å². The molecule has 9 heteroatoms. The van der Waals surface area contributed by atoms with Crippen molar-refractivity contribution in [1.29, 1.82) is 0 Å². The lowest BCUT2D eigenvalue weighted by Gasteiger charge is -2.31. The summed E-state index contributed by atoms with van der Waals surface area (Å²) in [4.78, 5) is 10.6. The van der Waals surface area contributed by atoms with Gasteiger partial charge in [0.15, 0.2) is 9.84 Å². The SMILES string of the molecule is Cc1cc(N2CCCOC[C@H]2c2ccc(CS(C)(=O)=O)cc2Cl)nc(N)n1. The summed E-state index contributed by atoms with van der Waals surface area (Å²) < 4.78 is 28.9. The van der Waals surface area contributed by atoms with Gasteiger partial charge < -0.3 is 15.4 Å². The Bertz CT molecular complexity index is 916. The number of benzene rings is 1. The van der Waals surface area contributed by atoms with Gasteiger partial charge in [-0.25, -0.2) is 13.4 Å². The molecule has 1 fully saturated rings. The number of ether oxygens (including phenoxy) is 1. The van der Waals surface area contributed by atoms with Crippen LogP contribution in [0.1, 0.15) is 29.3 Å². The first-order valence-corrected chi connectivity index (χ1v) is 11.1. The monoisotopic (exact) mass is 410 g/mol. The Morgan fingerprint density at radius 1 is 1.33 bits per heavy atom. The third-order valence-electron chi connectivity index (χ3n) is 4.34. The van der Waals surface area contributed by atoms with E-state index >= 15 is 0 Å². The molecule has 2 aromatic rings. The topological polar surface area (TPSA) is 98.4 Å². The van der Waals surface area contributed by atoms with Crippen LogP contribution in [0, 0.1) is 6.92 Å². The third-order valence-corrected chi connectivity index (χ3v) is 5.53. The van der Waals surface area contributed by atoms with Gasteiger partial charge in [-0.1, -0.05) is 23.7 Å². The van der Waals surface area contributed by atoms with Crippen molar-refractivity contribution in [2.45, 2.75) is 25.1 Å². The van der Waals surface area contributed by atoms with Gasteiger partial charge in [0.05, 0.1) is 18.4 Å². The molecule has 1 aliphatic rings. The van der Waals surface area contributed by atoms with Crippen LogP contribution in [0.4, 0.5) is 11.8 Å². The molecule has 1 aromatic carbocycles. The molecule has 1 aliphatic heterocycles. The molecular weight excluding hydrogens is 388 g/mol. The van der Waals surface area contributed by atoms with Crippen LogP contribution >= 0.6 is 11.6 Å². The van der Waals surface area contributed by atoms with Crippen LogP contribution in [0.2, 0.25) is 5.02 Å². The fraction of sp³-hybridized carbons (Fsp3) is 0.444. The van der Waals surface area contributed by atoms with Crippen LogP contribution in [-0.4, -0.2) is 44.4 Å². The Morgan fingerprint density at radius 2 is 2.11 bits per heavy atom. The van der Waals surface area contributed by atoms with Crippen LogP contribution in [0.3, 0.4) is 0 Å². The van der Waals surface area contributed by atoms with E-state index in [0.717, 1.165) is 30.0 Å². The Morgan fingerprint density at radius 3 is 2.78 bits per heavy atom. The lowest BCUT2D eigenvalue weighted by molar-refractivity contribution is 0.134. The first kappa shape index (κ1) is 19.9. The summed E-state index contributed by atoms with van der Waals surface area (Å²) in [5.74, 6) is 0.912. The number of nitrogens with zero attached hydrogens (tertiary/aromatic N) is 3. The number of rotatable bonds is 4. The van der Waals surface area contributed by atoms with Crippen LogP contribution in [0.15, 0.2) is 24.3 Å². The number of aryl methyl sites for hydroxylation is 1. The highest BCUT2D eigenvalue weighted by atomic mass is 35.5. The van der Waals surface area contributed by atoms with Gasteiger partial charge in [-0.2, -0.15) is 4.98 Å². The Kier molecular flexibility index (Phi) is 5.88. The first-order chi connectivity index (χ1) is 12.7. The normalized spacial score (nSPS) is 18.3. The highest BCUT2D eigenvalue weighted by molar-refractivity contribution is 7.89. The highest BCUT2D eigenvalue weighted by Gasteiger charge is 2.27. The van der Waals surface area contributed by atoms with Crippen molar-refractivity contribution in [1.82, 2.24) is 9.97 Å². The van der Waals surface area contributed by atoms with Crippen molar-refractivity contribution in [3.05, 3.63) is 46.1 Å². The second kappa shape index (κ2) is 8.00.